The monoisotopic (exact) mass is 290 g/mol. The summed E-state index contributed by atoms with van der Waals surface area (Å²) in [4.78, 5) is 34.3. The van der Waals surface area contributed by atoms with E-state index in [1.807, 2.05) is 0 Å². The van der Waals surface area contributed by atoms with Crippen molar-refractivity contribution >= 4 is 17.8 Å². The van der Waals surface area contributed by atoms with Crippen molar-refractivity contribution in [3.63, 3.8) is 0 Å². The summed E-state index contributed by atoms with van der Waals surface area (Å²) >= 11 is 0. The minimum atomic E-state index is -0.770. The molecule has 3 N–H and O–H groups in total. The van der Waals surface area contributed by atoms with Crippen LogP contribution in [-0.2, 0) is 9.59 Å². The Balaban J connectivity index is 2.79. The summed E-state index contributed by atoms with van der Waals surface area (Å²) in [6, 6.07) is 5.33. The Bertz CT molecular complexity index is 554. The van der Waals surface area contributed by atoms with Crippen LogP contribution in [0.3, 0.4) is 0 Å². The summed E-state index contributed by atoms with van der Waals surface area (Å²) in [5, 5.41) is 2.55. The van der Waals surface area contributed by atoms with Gasteiger partial charge in [0, 0.05) is 12.5 Å². The summed E-state index contributed by atoms with van der Waals surface area (Å²) < 4.78 is 4.90. The molecule has 0 radical (unpaired) electrons. The van der Waals surface area contributed by atoms with Crippen LogP contribution in [0.2, 0.25) is 0 Å². The molecular formula is C15H18N2O4. The molecule has 0 spiro atoms. The number of hydrogen-bond acceptors (Lipinski definition) is 4. The van der Waals surface area contributed by atoms with Crippen molar-refractivity contribution in [3.05, 3.63) is 42.5 Å². The molecule has 0 aromatic heterocycles. The lowest BCUT2D eigenvalue weighted by Crippen LogP contribution is -2.44. The van der Waals surface area contributed by atoms with Crippen LogP contribution in [0, 0.1) is 0 Å². The highest BCUT2D eigenvalue weighted by molar-refractivity contribution is 5.97. The van der Waals surface area contributed by atoms with Crippen molar-refractivity contribution in [2.24, 2.45) is 5.73 Å². The van der Waals surface area contributed by atoms with Gasteiger partial charge in [-0.3, -0.25) is 14.4 Å². The number of benzene rings is 1. The summed E-state index contributed by atoms with van der Waals surface area (Å²) in [5.74, 6) is -1.29. The highest BCUT2D eigenvalue weighted by atomic mass is 16.5. The Morgan fingerprint density at radius 2 is 2.14 bits per heavy atom. The molecule has 0 saturated carbocycles. The molecule has 0 bridgehead atoms. The van der Waals surface area contributed by atoms with Crippen LogP contribution < -0.4 is 15.8 Å². The Morgan fingerprint density at radius 1 is 1.43 bits per heavy atom. The zero-order valence-corrected chi connectivity index (χ0v) is 11.8. The van der Waals surface area contributed by atoms with E-state index in [0.29, 0.717) is 12.8 Å². The van der Waals surface area contributed by atoms with Gasteiger partial charge in [0.15, 0.2) is 0 Å². The SMILES string of the molecule is C=CCC[C@H](NC(=O)c1cccc(OC(C)=O)c1)C(N)=O. The maximum Gasteiger partial charge on any atom is 0.308 e. The van der Waals surface area contributed by atoms with Crippen LogP contribution in [0.15, 0.2) is 36.9 Å². The van der Waals surface area contributed by atoms with Gasteiger partial charge in [-0.25, -0.2) is 0 Å². The highest BCUT2D eigenvalue weighted by Gasteiger charge is 2.18. The molecule has 1 aromatic rings. The topological polar surface area (TPSA) is 98.5 Å². The van der Waals surface area contributed by atoms with Gasteiger partial charge in [0.05, 0.1) is 0 Å². The highest BCUT2D eigenvalue weighted by Crippen LogP contribution is 2.14. The fourth-order valence-electron chi connectivity index (χ4n) is 1.68. The summed E-state index contributed by atoms with van der Waals surface area (Å²) in [6.45, 7) is 4.82. The van der Waals surface area contributed by atoms with Gasteiger partial charge >= 0.3 is 5.97 Å². The quantitative estimate of drug-likeness (QED) is 0.447. The molecule has 0 heterocycles. The second kappa shape index (κ2) is 7.84. The Kier molecular flexibility index (Phi) is 6.13. The third kappa shape index (κ3) is 5.48. The maximum absolute atomic E-state index is 12.1. The van der Waals surface area contributed by atoms with Gasteiger partial charge in [-0.15, -0.1) is 6.58 Å². The van der Waals surface area contributed by atoms with Gasteiger partial charge < -0.3 is 15.8 Å². The standard InChI is InChI=1S/C15H18N2O4/c1-3-4-8-13(14(16)19)17-15(20)11-6-5-7-12(9-11)21-10(2)18/h3,5-7,9,13H,1,4,8H2,2H3,(H2,16,19)(H,17,20)/t13-/m0/s1. The molecule has 2 amide bonds. The minimum Gasteiger partial charge on any atom is -0.427 e. The average molecular weight is 290 g/mol. The van der Waals surface area contributed by atoms with Gasteiger partial charge in [-0.05, 0) is 31.0 Å². The van der Waals surface area contributed by atoms with Crippen LogP contribution in [-0.4, -0.2) is 23.8 Å². The summed E-state index contributed by atoms with van der Waals surface area (Å²) in [6.07, 6.45) is 2.58. The number of allylic oxidation sites excluding steroid dienone is 1. The Morgan fingerprint density at radius 3 is 2.71 bits per heavy atom. The lowest BCUT2D eigenvalue weighted by atomic mass is 10.1. The van der Waals surface area contributed by atoms with Crippen LogP contribution in [0.1, 0.15) is 30.1 Å². The van der Waals surface area contributed by atoms with E-state index >= 15 is 0 Å². The molecule has 0 aliphatic carbocycles. The number of esters is 1. The van der Waals surface area contributed by atoms with Crippen LogP contribution in [0.5, 0.6) is 5.75 Å². The largest absolute Gasteiger partial charge is 0.427 e. The third-order valence-corrected chi connectivity index (χ3v) is 2.67. The molecule has 1 aromatic carbocycles. The summed E-state index contributed by atoms with van der Waals surface area (Å²) in [7, 11) is 0. The number of rotatable bonds is 7. The van der Waals surface area contributed by atoms with Gasteiger partial charge in [-0.1, -0.05) is 12.1 Å². The van der Waals surface area contributed by atoms with Gasteiger partial charge in [0.25, 0.3) is 5.91 Å². The normalized spacial score (nSPS) is 11.3. The van der Waals surface area contributed by atoms with Crippen LogP contribution >= 0.6 is 0 Å². The smallest absolute Gasteiger partial charge is 0.308 e. The third-order valence-electron chi connectivity index (χ3n) is 2.67. The van der Waals surface area contributed by atoms with E-state index in [-0.39, 0.29) is 11.3 Å². The first-order valence-electron chi connectivity index (χ1n) is 6.43. The van der Waals surface area contributed by atoms with E-state index in [9.17, 15) is 14.4 Å². The first-order chi connectivity index (χ1) is 9.93. The Hall–Kier alpha value is -2.63. The fourth-order valence-corrected chi connectivity index (χ4v) is 1.68. The molecule has 1 atom stereocenters. The van der Waals surface area contributed by atoms with Gasteiger partial charge in [0.1, 0.15) is 11.8 Å². The van der Waals surface area contributed by atoms with Crippen LogP contribution in [0.4, 0.5) is 0 Å². The number of hydrogen-bond donors (Lipinski definition) is 2. The van der Waals surface area contributed by atoms with Crippen molar-refractivity contribution in [1.29, 1.82) is 0 Å². The molecule has 0 fully saturated rings. The number of carbonyl (C=O) groups excluding carboxylic acids is 3. The molecule has 21 heavy (non-hydrogen) atoms. The first-order valence-corrected chi connectivity index (χ1v) is 6.43. The number of nitrogens with two attached hydrogens (primary N) is 1. The number of carbonyl (C=O) groups is 3. The molecule has 6 nitrogen and oxygen atoms in total. The molecule has 0 saturated heterocycles. The second-order valence-corrected chi connectivity index (χ2v) is 4.42. The molecule has 0 unspecified atom stereocenters. The predicted octanol–water partition coefficient (Wildman–Crippen LogP) is 1.16. The maximum atomic E-state index is 12.1. The number of nitrogens with one attached hydrogen (secondary N) is 1. The van der Waals surface area contributed by atoms with E-state index < -0.39 is 23.8 Å². The molecule has 0 aliphatic heterocycles. The zero-order valence-electron chi connectivity index (χ0n) is 11.8. The van der Waals surface area contributed by atoms with Crippen molar-refractivity contribution < 1.29 is 19.1 Å². The lowest BCUT2D eigenvalue weighted by molar-refractivity contribution is -0.131. The van der Waals surface area contributed by atoms with E-state index in [1.165, 1.54) is 13.0 Å². The zero-order chi connectivity index (χ0) is 15.8. The van der Waals surface area contributed by atoms with E-state index in [0.717, 1.165) is 0 Å². The number of amides is 2. The predicted molar refractivity (Wildman–Crippen MR) is 77.6 cm³/mol. The number of primary amides is 1. The molecule has 1 rings (SSSR count). The van der Waals surface area contributed by atoms with Crippen molar-refractivity contribution in [1.82, 2.24) is 5.32 Å². The van der Waals surface area contributed by atoms with Crippen molar-refractivity contribution in [3.8, 4) is 5.75 Å². The average Bonchev–Trinajstić information content (AvgIpc) is 2.42. The number of ether oxygens (including phenoxy) is 1. The van der Waals surface area contributed by atoms with E-state index in [2.05, 4.69) is 11.9 Å². The fraction of sp³-hybridized carbons (Fsp3) is 0.267. The summed E-state index contributed by atoms with van der Waals surface area (Å²) in [5.41, 5.74) is 5.52. The minimum absolute atomic E-state index is 0.261. The van der Waals surface area contributed by atoms with Crippen molar-refractivity contribution in [2.75, 3.05) is 0 Å². The van der Waals surface area contributed by atoms with E-state index in [1.54, 1.807) is 24.3 Å². The second-order valence-electron chi connectivity index (χ2n) is 4.42. The molecule has 112 valence electrons. The van der Waals surface area contributed by atoms with Gasteiger partial charge in [-0.2, -0.15) is 0 Å². The first kappa shape index (κ1) is 16.4. The molecular weight excluding hydrogens is 272 g/mol. The van der Waals surface area contributed by atoms with Crippen LogP contribution in [0.25, 0.3) is 0 Å². The Labute approximate surface area is 123 Å². The lowest BCUT2D eigenvalue weighted by Gasteiger charge is -2.14. The molecule has 6 heteroatoms. The van der Waals surface area contributed by atoms with E-state index in [4.69, 9.17) is 10.5 Å². The van der Waals surface area contributed by atoms with Crippen molar-refractivity contribution in [2.45, 2.75) is 25.8 Å². The molecule has 0 aliphatic rings. The van der Waals surface area contributed by atoms with Gasteiger partial charge in [0.2, 0.25) is 5.91 Å².